The molecule has 0 fully saturated rings. The van der Waals surface area contributed by atoms with Crippen molar-refractivity contribution in [2.75, 3.05) is 0 Å². The van der Waals surface area contributed by atoms with Crippen LogP contribution in [0.1, 0.15) is 32.3 Å². The number of sulfone groups is 1. The third kappa shape index (κ3) is 3.54. The first-order valence-electron chi connectivity index (χ1n) is 7.42. The number of aliphatic imine (C=N–C) groups is 1. The van der Waals surface area contributed by atoms with Crippen LogP contribution < -0.4 is 10.6 Å². The van der Waals surface area contributed by atoms with Gasteiger partial charge in [-0.25, -0.2) is 13.4 Å². The van der Waals surface area contributed by atoms with Gasteiger partial charge in [-0.05, 0) is 32.4 Å². The number of aryl methyl sites for hydroxylation is 1. The Labute approximate surface area is 136 Å². The summed E-state index contributed by atoms with van der Waals surface area (Å²) in [4.78, 5) is 4.86. The van der Waals surface area contributed by atoms with Crippen LogP contribution in [-0.2, 0) is 9.84 Å². The average Bonchev–Trinajstić information content (AvgIpc) is 2.47. The van der Waals surface area contributed by atoms with Crippen LogP contribution in [-0.4, -0.2) is 20.4 Å². The molecule has 7 heteroatoms. The number of nitriles is 1. The van der Waals surface area contributed by atoms with Gasteiger partial charge in [0.15, 0.2) is 6.19 Å². The first kappa shape index (κ1) is 17.0. The molecule has 122 valence electrons. The molecule has 0 aliphatic carbocycles. The van der Waals surface area contributed by atoms with Gasteiger partial charge in [0.1, 0.15) is 0 Å². The minimum Gasteiger partial charge on any atom is -0.328 e. The number of hydrogen-bond acceptors (Lipinski definition) is 6. The summed E-state index contributed by atoms with van der Waals surface area (Å²) in [6.07, 6.45) is 3.18. The number of guanidine groups is 1. The monoisotopic (exact) mass is 332 g/mol. The van der Waals surface area contributed by atoms with E-state index in [4.69, 9.17) is 5.26 Å². The van der Waals surface area contributed by atoms with Crippen molar-refractivity contribution in [3.63, 3.8) is 0 Å². The smallest absolute Gasteiger partial charge is 0.209 e. The van der Waals surface area contributed by atoms with Gasteiger partial charge in [-0.2, -0.15) is 5.26 Å². The Balaban J connectivity index is 2.48. The van der Waals surface area contributed by atoms with Crippen molar-refractivity contribution in [2.45, 2.75) is 44.6 Å². The summed E-state index contributed by atoms with van der Waals surface area (Å²) in [5, 5.41) is 14.0. The molecule has 23 heavy (non-hydrogen) atoms. The summed E-state index contributed by atoms with van der Waals surface area (Å²) in [6.45, 7) is 5.57. The van der Waals surface area contributed by atoms with Gasteiger partial charge in [-0.1, -0.05) is 31.0 Å². The molecule has 0 saturated heterocycles. The fourth-order valence-corrected chi connectivity index (χ4v) is 4.28. The molecule has 1 atom stereocenters. The van der Waals surface area contributed by atoms with E-state index in [2.05, 4.69) is 15.6 Å². The van der Waals surface area contributed by atoms with Crippen LogP contribution in [0.4, 0.5) is 0 Å². The lowest BCUT2D eigenvalue weighted by atomic mass is 10.1. The van der Waals surface area contributed by atoms with Gasteiger partial charge in [0, 0.05) is 5.70 Å². The van der Waals surface area contributed by atoms with Crippen molar-refractivity contribution in [1.82, 2.24) is 10.6 Å². The van der Waals surface area contributed by atoms with Crippen LogP contribution in [0.25, 0.3) is 0 Å². The highest BCUT2D eigenvalue weighted by molar-refractivity contribution is 7.95. The van der Waals surface area contributed by atoms with Crippen molar-refractivity contribution in [3.8, 4) is 6.19 Å². The fourth-order valence-electron chi connectivity index (χ4n) is 2.55. The molecular weight excluding hydrogens is 312 g/mol. The molecule has 0 aromatic heterocycles. The SMILES string of the molecule is CCCC1N=C(NC#N)NC(C)=C1S(=O)(=O)c1ccc(C)cc1. The lowest BCUT2D eigenvalue weighted by Gasteiger charge is -2.25. The van der Waals surface area contributed by atoms with E-state index in [-0.39, 0.29) is 15.8 Å². The van der Waals surface area contributed by atoms with Gasteiger partial charge >= 0.3 is 0 Å². The van der Waals surface area contributed by atoms with Crippen molar-refractivity contribution in [3.05, 3.63) is 40.4 Å². The average molecular weight is 332 g/mol. The van der Waals surface area contributed by atoms with Crippen molar-refractivity contribution < 1.29 is 8.42 Å². The minimum atomic E-state index is -3.64. The largest absolute Gasteiger partial charge is 0.328 e. The van der Waals surface area contributed by atoms with E-state index in [0.29, 0.717) is 12.1 Å². The topological polar surface area (TPSA) is 94.3 Å². The van der Waals surface area contributed by atoms with Crippen LogP contribution in [0.2, 0.25) is 0 Å². The molecule has 2 N–H and O–H groups in total. The molecule has 1 unspecified atom stereocenters. The summed E-state index contributed by atoms with van der Waals surface area (Å²) >= 11 is 0. The minimum absolute atomic E-state index is 0.257. The molecule has 0 bridgehead atoms. The lowest BCUT2D eigenvalue weighted by Crippen LogP contribution is -2.41. The van der Waals surface area contributed by atoms with E-state index in [9.17, 15) is 8.42 Å². The van der Waals surface area contributed by atoms with E-state index < -0.39 is 15.9 Å². The van der Waals surface area contributed by atoms with E-state index in [0.717, 1.165) is 12.0 Å². The van der Waals surface area contributed by atoms with Crippen LogP contribution in [0.15, 0.2) is 44.8 Å². The van der Waals surface area contributed by atoms with Crippen LogP contribution in [0.3, 0.4) is 0 Å². The Bertz CT molecular complexity index is 786. The predicted molar refractivity (Wildman–Crippen MR) is 89.1 cm³/mol. The number of hydrogen-bond donors (Lipinski definition) is 2. The van der Waals surface area contributed by atoms with Gasteiger partial charge in [-0.15, -0.1) is 0 Å². The third-order valence-electron chi connectivity index (χ3n) is 3.62. The Kier molecular flexibility index (Phi) is 5.06. The van der Waals surface area contributed by atoms with Crippen molar-refractivity contribution in [2.24, 2.45) is 4.99 Å². The molecule has 0 radical (unpaired) electrons. The standard InChI is InChI=1S/C16H20N4O2S/c1-4-5-14-15(12(3)19-16(20-14)18-10-17)23(21,22)13-8-6-11(2)7-9-13/h6-9,14H,4-5H2,1-3H3,(H2,18,19,20). The zero-order chi connectivity index (χ0) is 17.0. The summed E-state index contributed by atoms with van der Waals surface area (Å²) in [7, 11) is -3.64. The summed E-state index contributed by atoms with van der Waals surface area (Å²) in [6, 6.07) is 6.28. The maximum atomic E-state index is 13.0. The number of benzene rings is 1. The quantitative estimate of drug-likeness (QED) is 0.651. The van der Waals surface area contributed by atoms with Gasteiger partial charge in [0.25, 0.3) is 0 Å². The van der Waals surface area contributed by atoms with Gasteiger partial charge in [0.2, 0.25) is 15.8 Å². The molecule has 2 rings (SSSR count). The molecule has 1 aliphatic heterocycles. The molecule has 0 saturated carbocycles. The Morgan fingerprint density at radius 3 is 2.52 bits per heavy atom. The van der Waals surface area contributed by atoms with Crippen molar-refractivity contribution in [1.29, 1.82) is 5.26 Å². The zero-order valence-electron chi connectivity index (χ0n) is 13.4. The van der Waals surface area contributed by atoms with Crippen LogP contribution >= 0.6 is 0 Å². The summed E-state index contributed by atoms with van der Waals surface area (Å²) in [5.74, 6) is 0.284. The van der Waals surface area contributed by atoms with Crippen molar-refractivity contribution >= 4 is 15.8 Å². The second-order valence-electron chi connectivity index (χ2n) is 5.45. The molecule has 1 aromatic rings. The number of rotatable bonds is 4. The molecule has 1 aliphatic rings. The Morgan fingerprint density at radius 2 is 1.96 bits per heavy atom. The highest BCUT2D eigenvalue weighted by atomic mass is 32.2. The van der Waals surface area contributed by atoms with E-state index in [1.165, 1.54) is 0 Å². The molecule has 0 amide bonds. The number of nitrogens with one attached hydrogen (secondary N) is 2. The zero-order valence-corrected chi connectivity index (χ0v) is 14.2. The van der Waals surface area contributed by atoms with Gasteiger partial charge < -0.3 is 5.32 Å². The number of allylic oxidation sites excluding steroid dienone is 1. The van der Waals surface area contributed by atoms with Crippen LogP contribution in [0.5, 0.6) is 0 Å². The van der Waals surface area contributed by atoms with E-state index in [1.54, 1.807) is 37.4 Å². The van der Waals surface area contributed by atoms with E-state index in [1.807, 2.05) is 13.8 Å². The van der Waals surface area contributed by atoms with Gasteiger partial charge in [0.05, 0.1) is 15.8 Å². The third-order valence-corrected chi connectivity index (χ3v) is 5.67. The Hall–Kier alpha value is -2.33. The molecule has 0 spiro atoms. The normalized spacial score (nSPS) is 18.0. The first-order chi connectivity index (χ1) is 10.9. The highest BCUT2D eigenvalue weighted by Crippen LogP contribution is 2.30. The maximum absolute atomic E-state index is 13.0. The lowest BCUT2D eigenvalue weighted by molar-refractivity contribution is 0.588. The summed E-state index contributed by atoms with van der Waals surface area (Å²) in [5.41, 5.74) is 1.50. The molecule has 1 aromatic carbocycles. The molecule has 6 nitrogen and oxygen atoms in total. The molecular formula is C16H20N4O2S. The summed E-state index contributed by atoms with van der Waals surface area (Å²) < 4.78 is 26.0. The van der Waals surface area contributed by atoms with Crippen LogP contribution in [0, 0.1) is 18.4 Å². The maximum Gasteiger partial charge on any atom is 0.209 e. The second-order valence-corrected chi connectivity index (χ2v) is 7.37. The second kappa shape index (κ2) is 6.84. The van der Waals surface area contributed by atoms with Gasteiger partial charge in [-0.3, -0.25) is 5.32 Å². The molecule has 1 heterocycles. The van der Waals surface area contributed by atoms with E-state index >= 15 is 0 Å². The fraction of sp³-hybridized carbons (Fsp3) is 0.375. The predicted octanol–water partition coefficient (Wildman–Crippen LogP) is 2.20. The first-order valence-corrected chi connectivity index (χ1v) is 8.91. The Morgan fingerprint density at radius 1 is 1.30 bits per heavy atom. The highest BCUT2D eigenvalue weighted by Gasteiger charge is 2.33. The number of nitrogens with zero attached hydrogens (tertiary/aromatic N) is 2.